The molecule has 0 aliphatic rings. The van der Waals surface area contributed by atoms with Crippen molar-refractivity contribution in [3.05, 3.63) is 47.8 Å². The molecule has 2 heteroatoms. The summed E-state index contributed by atoms with van der Waals surface area (Å²) in [5.41, 5.74) is 2.57. The molecule has 0 bridgehead atoms. The molecular formula is C13H11NS. The van der Waals surface area contributed by atoms with Crippen LogP contribution in [0, 0.1) is 0 Å². The van der Waals surface area contributed by atoms with Crippen molar-refractivity contribution in [2.24, 2.45) is 7.05 Å². The van der Waals surface area contributed by atoms with E-state index < -0.39 is 0 Å². The SMILES string of the molecule is Cn1c(-c2ccccc2)cc2ccsc21. The van der Waals surface area contributed by atoms with Gasteiger partial charge in [0.1, 0.15) is 4.83 Å². The summed E-state index contributed by atoms with van der Waals surface area (Å²) in [6.07, 6.45) is 0. The standard InChI is InChI=1S/C13H11NS/c1-14-12(10-5-3-2-4-6-10)9-11-7-8-15-13(11)14/h2-9H,1H3. The fourth-order valence-corrected chi connectivity index (χ4v) is 2.80. The number of nitrogens with zero attached hydrogens (tertiary/aromatic N) is 1. The van der Waals surface area contributed by atoms with Gasteiger partial charge in [-0.05, 0) is 23.1 Å². The highest BCUT2D eigenvalue weighted by Crippen LogP contribution is 2.29. The molecule has 0 fully saturated rings. The van der Waals surface area contributed by atoms with Gasteiger partial charge in [-0.15, -0.1) is 11.3 Å². The van der Waals surface area contributed by atoms with Gasteiger partial charge in [-0.25, -0.2) is 0 Å². The average Bonchev–Trinajstić information content (AvgIpc) is 2.83. The van der Waals surface area contributed by atoms with Gasteiger partial charge in [-0.1, -0.05) is 30.3 Å². The highest BCUT2D eigenvalue weighted by Gasteiger charge is 2.07. The summed E-state index contributed by atoms with van der Waals surface area (Å²) < 4.78 is 2.26. The number of aryl methyl sites for hydroxylation is 1. The van der Waals surface area contributed by atoms with Crippen LogP contribution in [0.2, 0.25) is 0 Å². The maximum absolute atomic E-state index is 2.26. The molecule has 0 aliphatic heterocycles. The van der Waals surface area contributed by atoms with E-state index in [9.17, 15) is 0 Å². The Morgan fingerprint density at radius 2 is 1.87 bits per heavy atom. The molecular weight excluding hydrogens is 202 g/mol. The fraction of sp³-hybridized carbons (Fsp3) is 0.0769. The number of thiophene rings is 1. The largest absolute Gasteiger partial charge is 0.335 e. The third-order valence-electron chi connectivity index (χ3n) is 2.70. The van der Waals surface area contributed by atoms with Crippen LogP contribution in [0.15, 0.2) is 47.8 Å². The molecule has 0 aliphatic carbocycles. The lowest BCUT2D eigenvalue weighted by molar-refractivity contribution is 0.987. The zero-order valence-corrected chi connectivity index (χ0v) is 9.29. The summed E-state index contributed by atoms with van der Waals surface area (Å²) in [6.45, 7) is 0. The summed E-state index contributed by atoms with van der Waals surface area (Å²) in [5.74, 6) is 0. The van der Waals surface area contributed by atoms with Gasteiger partial charge >= 0.3 is 0 Å². The molecule has 3 aromatic rings. The first-order valence-corrected chi connectivity index (χ1v) is 5.82. The van der Waals surface area contributed by atoms with Crippen molar-refractivity contribution in [2.45, 2.75) is 0 Å². The van der Waals surface area contributed by atoms with E-state index in [1.165, 1.54) is 21.5 Å². The van der Waals surface area contributed by atoms with Crippen LogP contribution >= 0.6 is 11.3 Å². The number of rotatable bonds is 1. The van der Waals surface area contributed by atoms with E-state index in [0.717, 1.165) is 0 Å². The minimum Gasteiger partial charge on any atom is -0.335 e. The maximum atomic E-state index is 2.26. The van der Waals surface area contributed by atoms with E-state index in [0.29, 0.717) is 0 Å². The van der Waals surface area contributed by atoms with E-state index in [2.05, 4.69) is 59.5 Å². The van der Waals surface area contributed by atoms with Crippen molar-refractivity contribution in [1.29, 1.82) is 0 Å². The summed E-state index contributed by atoms with van der Waals surface area (Å²) in [5, 5.41) is 3.47. The lowest BCUT2D eigenvalue weighted by Gasteiger charge is -2.02. The Labute approximate surface area is 92.6 Å². The first-order valence-electron chi connectivity index (χ1n) is 4.94. The predicted octanol–water partition coefficient (Wildman–Crippen LogP) is 3.91. The monoisotopic (exact) mass is 213 g/mol. The van der Waals surface area contributed by atoms with Gasteiger partial charge in [0.25, 0.3) is 0 Å². The van der Waals surface area contributed by atoms with Gasteiger partial charge < -0.3 is 4.57 Å². The summed E-state index contributed by atoms with van der Waals surface area (Å²) in [6, 6.07) is 14.9. The second-order valence-electron chi connectivity index (χ2n) is 3.64. The molecule has 0 unspecified atom stereocenters. The molecule has 0 atom stereocenters. The Morgan fingerprint density at radius 1 is 1.07 bits per heavy atom. The van der Waals surface area contributed by atoms with Crippen molar-refractivity contribution in [1.82, 2.24) is 4.57 Å². The van der Waals surface area contributed by atoms with Gasteiger partial charge in [0.05, 0.1) is 0 Å². The van der Waals surface area contributed by atoms with Crippen molar-refractivity contribution >= 4 is 21.6 Å². The molecule has 3 rings (SSSR count). The van der Waals surface area contributed by atoms with Crippen LogP contribution < -0.4 is 0 Å². The van der Waals surface area contributed by atoms with E-state index in [4.69, 9.17) is 0 Å². The van der Waals surface area contributed by atoms with Crippen LogP contribution in [0.25, 0.3) is 21.5 Å². The van der Waals surface area contributed by atoms with Crippen LogP contribution in [0.1, 0.15) is 0 Å². The summed E-state index contributed by atoms with van der Waals surface area (Å²) >= 11 is 1.79. The van der Waals surface area contributed by atoms with Crippen molar-refractivity contribution in [3.8, 4) is 11.3 Å². The van der Waals surface area contributed by atoms with Crippen molar-refractivity contribution < 1.29 is 0 Å². The molecule has 1 nitrogen and oxygen atoms in total. The van der Waals surface area contributed by atoms with Crippen LogP contribution in [-0.2, 0) is 7.05 Å². The zero-order chi connectivity index (χ0) is 10.3. The molecule has 74 valence electrons. The predicted molar refractivity (Wildman–Crippen MR) is 66.2 cm³/mol. The smallest absolute Gasteiger partial charge is 0.102 e. The third kappa shape index (κ3) is 1.29. The summed E-state index contributed by atoms with van der Waals surface area (Å²) in [4.78, 5) is 1.34. The molecule has 0 spiro atoms. The fourth-order valence-electron chi connectivity index (χ4n) is 1.93. The Morgan fingerprint density at radius 3 is 2.60 bits per heavy atom. The number of hydrogen-bond donors (Lipinski definition) is 0. The minimum absolute atomic E-state index is 1.28. The molecule has 0 saturated heterocycles. The molecule has 0 saturated carbocycles. The first kappa shape index (κ1) is 8.74. The van der Waals surface area contributed by atoms with Crippen LogP contribution in [0.3, 0.4) is 0 Å². The normalized spacial score (nSPS) is 11.0. The molecule has 0 amide bonds. The lowest BCUT2D eigenvalue weighted by Crippen LogP contribution is -1.89. The highest BCUT2D eigenvalue weighted by molar-refractivity contribution is 7.16. The quantitative estimate of drug-likeness (QED) is 0.577. The molecule has 0 N–H and O–H groups in total. The molecule has 15 heavy (non-hydrogen) atoms. The minimum atomic E-state index is 1.28. The van der Waals surface area contributed by atoms with E-state index >= 15 is 0 Å². The molecule has 0 radical (unpaired) electrons. The van der Waals surface area contributed by atoms with Gasteiger partial charge in [0, 0.05) is 18.1 Å². The Balaban J connectivity index is 2.27. The third-order valence-corrected chi connectivity index (χ3v) is 3.71. The number of benzene rings is 1. The van der Waals surface area contributed by atoms with Gasteiger partial charge in [-0.2, -0.15) is 0 Å². The number of fused-ring (bicyclic) bond motifs is 1. The highest BCUT2D eigenvalue weighted by atomic mass is 32.1. The van der Waals surface area contributed by atoms with Crippen LogP contribution in [0.5, 0.6) is 0 Å². The van der Waals surface area contributed by atoms with Crippen molar-refractivity contribution in [2.75, 3.05) is 0 Å². The lowest BCUT2D eigenvalue weighted by atomic mass is 10.1. The van der Waals surface area contributed by atoms with Crippen molar-refractivity contribution in [3.63, 3.8) is 0 Å². The Hall–Kier alpha value is -1.54. The average molecular weight is 213 g/mol. The van der Waals surface area contributed by atoms with Gasteiger partial charge in [-0.3, -0.25) is 0 Å². The molecule has 2 aromatic heterocycles. The Kier molecular flexibility index (Phi) is 1.89. The Bertz CT molecular complexity index is 589. The maximum Gasteiger partial charge on any atom is 0.102 e. The second-order valence-corrected chi connectivity index (χ2v) is 4.53. The van der Waals surface area contributed by atoms with Crippen LogP contribution in [0.4, 0.5) is 0 Å². The second kappa shape index (κ2) is 3.24. The van der Waals surface area contributed by atoms with Crippen LogP contribution in [-0.4, -0.2) is 4.57 Å². The summed E-state index contributed by atoms with van der Waals surface area (Å²) in [7, 11) is 2.13. The first-order chi connectivity index (χ1) is 7.36. The van der Waals surface area contributed by atoms with Gasteiger partial charge in [0.15, 0.2) is 0 Å². The molecule has 2 heterocycles. The van der Waals surface area contributed by atoms with E-state index in [-0.39, 0.29) is 0 Å². The topological polar surface area (TPSA) is 4.93 Å². The molecule has 1 aromatic carbocycles. The van der Waals surface area contributed by atoms with Gasteiger partial charge in [0.2, 0.25) is 0 Å². The van der Waals surface area contributed by atoms with E-state index in [1.54, 1.807) is 11.3 Å². The number of hydrogen-bond acceptors (Lipinski definition) is 1. The zero-order valence-electron chi connectivity index (χ0n) is 8.47. The number of aromatic nitrogens is 1. The van der Waals surface area contributed by atoms with E-state index in [1.807, 2.05) is 0 Å².